The number of aliphatic hydroxyl groups excluding tert-OH is 1. The van der Waals surface area contributed by atoms with E-state index in [1.54, 1.807) is 23.7 Å². The summed E-state index contributed by atoms with van der Waals surface area (Å²) in [5.74, 6) is 0. The molecule has 0 fully saturated rings. The van der Waals surface area contributed by atoms with Crippen molar-refractivity contribution in [2.75, 3.05) is 0 Å². The van der Waals surface area contributed by atoms with Gasteiger partial charge in [-0.05, 0) is 45.9 Å². The molecule has 0 radical (unpaired) electrons. The van der Waals surface area contributed by atoms with Gasteiger partial charge in [0.05, 0.1) is 6.26 Å². The number of rotatable bonds is 2. The predicted octanol–water partition coefficient (Wildman–Crippen LogP) is 3.49. The number of hydrogen-bond acceptors (Lipinski definition) is 3. The zero-order valence-corrected chi connectivity index (χ0v) is 9.93. The number of aryl methyl sites for hydroxylation is 1. The molecule has 2 aromatic rings. The van der Waals surface area contributed by atoms with Crippen molar-refractivity contribution in [2.24, 2.45) is 0 Å². The molecule has 1 atom stereocenters. The summed E-state index contributed by atoms with van der Waals surface area (Å²) in [7, 11) is 0. The number of furan rings is 1. The Balaban J connectivity index is 2.33. The van der Waals surface area contributed by atoms with Gasteiger partial charge in [-0.25, -0.2) is 0 Å². The second-order valence-electron chi connectivity index (χ2n) is 3.04. The van der Waals surface area contributed by atoms with E-state index in [2.05, 4.69) is 15.9 Å². The Morgan fingerprint density at radius 1 is 1.57 bits per heavy atom. The molecule has 14 heavy (non-hydrogen) atoms. The second kappa shape index (κ2) is 3.88. The maximum absolute atomic E-state index is 9.99. The third-order valence-electron chi connectivity index (χ3n) is 2.01. The van der Waals surface area contributed by atoms with Crippen LogP contribution in [0.25, 0.3) is 0 Å². The maximum Gasteiger partial charge on any atom is 0.175 e. The Hall–Kier alpha value is -0.580. The van der Waals surface area contributed by atoms with E-state index in [1.807, 2.05) is 18.4 Å². The molecule has 2 nitrogen and oxygen atoms in total. The number of thiophene rings is 1. The quantitative estimate of drug-likeness (QED) is 0.908. The largest absolute Gasteiger partial charge is 0.457 e. The van der Waals surface area contributed by atoms with Crippen LogP contribution < -0.4 is 0 Å². The molecule has 0 spiro atoms. The van der Waals surface area contributed by atoms with Gasteiger partial charge < -0.3 is 9.52 Å². The van der Waals surface area contributed by atoms with Gasteiger partial charge in [-0.15, -0.1) is 11.3 Å². The van der Waals surface area contributed by atoms with Crippen molar-refractivity contribution in [1.29, 1.82) is 0 Å². The van der Waals surface area contributed by atoms with Crippen LogP contribution in [0.1, 0.15) is 22.1 Å². The lowest BCUT2D eigenvalue weighted by molar-refractivity contribution is 0.218. The average molecular weight is 273 g/mol. The molecule has 4 heteroatoms. The molecule has 0 amide bonds. The molecule has 0 aliphatic rings. The fraction of sp³-hybridized carbons (Fsp3) is 0.200. The molecule has 0 aliphatic heterocycles. The highest BCUT2D eigenvalue weighted by atomic mass is 79.9. The van der Waals surface area contributed by atoms with Gasteiger partial charge in [0.25, 0.3) is 0 Å². The van der Waals surface area contributed by atoms with Gasteiger partial charge in [-0.3, -0.25) is 0 Å². The zero-order chi connectivity index (χ0) is 10.1. The summed E-state index contributed by atoms with van der Waals surface area (Å²) in [5, 5.41) is 11.9. The lowest BCUT2D eigenvalue weighted by Crippen LogP contribution is -1.96. The van der Waals surface area contributed by atoms with Crippen molar-refractivity contribution >= 4 is 27.3 Å². The van der Waals surface area contributed by atoms with Crippen LogP contribution in [-0.4, -0.2) is 5.11 Å². The minimum Gasteiger partial charge on any atom is -0.457 e. The van der Waals surface area contributed by atoms with Crippen LogP contribution in [0.4, 0.5) is 0 Å². The molecule has 0 bridgehead atoms. The molecular weight excluding hydrogens is 264 g/mol. The lowest BCUT2D eigenvalue weighted by Gasteiger charge is -2.05. The summed E-state index contributed by atoms with van der Waals surface area (Å²) >= 11 is 4.88. The van der Waals surface area contributed by atoms with Crippen LogP contribution >= 0.6 is 27.3 Å². The van der Waals surface area contributed by atoms with Gasteiger partial charge in [-0.1, -0.05) is 0 Å². The molecule has 74 valence electrons. The van der Waals surface area contributed by atoms with Crippen molar-refractivity contribution in [3.63, 3.8) is 0 Å². The summed E-state index contributed by atoms with van der Waals surface area (Å²) < 4.78 is 5.67. The van der Waals surface area contributed by atoms with Gasteiger partial charge in [0.1, 0.15) is 6.10 Å². The first-order valence-electron chi connectivity index (χ1n) is 4.14. The highest BCUT2D eigenvalue weighted by molar-refractivity contribution is 9.10. The normalized spacial score (nSPS) is 13.1. The van der Waals surface area contributed by atoms with Gasteiger partial charge in [0.15, 0.2) is 4.67 Å². The molecule has 0 saturated heterocycles. The molecule has 2 heterocycles. The third-order valence-corrected chi connectivity index (χ3v) is 3.53. The first kappa shape index (κ1) is 9.96. The Bertz CT molecular complexity index is 433. The van der Waals surface area contributed by atoms with Crippen molar-refractivity contribution in [2.45, 2.75) is 13.0 Å². The van der Waals surface area contributed by atoms with E-state index in [0.29, 0.717) is 4.67 Å². The smallest absolute Gasteiger partial charge is 0.175 e. The predicted molar refractivity (Wildman–Crippen MR) is 59.5 cm³/mol. The first-order valence-corrected chi connectivity index (χ1v) is 5.81. The number of aliphatic hydroxyl groups is 1. The minimum atomic E-state index is -0.604. The monoisotopic (exact) mass is 272 g/mol. The summed E-state index contributed by atoms with van der Waals surface area (Å²) in [6.45, 7) is 2.02. The SMILES string of the molecule is Cc1cc(C(O)c2ccoc2Br)cs1. The maximum atomic E-state index is 9.99. The number of hydrogen-bond donors (Lipinski definition) is 1. The van der Waals surface area contributed by atoms with E-state index in [4.69, 9.17) is 4.42 Å². The van der Waals surface area contributed by atoms with E-state index in [9.17, 15) is 5.11 Å². The fourth-order valence-electron chi connectivity index (χ4n) is 1.29. The molecule has 1 unspecified atom stereocenters. The van der Waals surface area contributed by atoms with E-state index in [-0.39, 0.29) is 0 Å². The van der Waals surface area contributed by atoms with Gasteiger partial charge in [-0.2, -0.15) is 0 Å². The summed E-state index contributed by atoms with van der Waals surface area (Å²) in [5.41, 5.74) is 1.68. The zero-order valence-electron chi connectivity index (χ0n) is 7.53. The highest BCUT2D eigenvalue weighted by Gasteiger charge is 2.16. The molecule has 2 aromatic heterocycles. The van der Waals surface area contributed by atoms with Crippen molar-refractivity contribution < 1.29 is 9.52 Å². The molecule has 0 aromatic carbocycles. The second-order valence-corrected chi connectivity index (χ2v) is 4.88. The van der Waals surface area contributed by atoms with E-state index >= 15 is 0 Å². The molecule has 0 aliphatic carbocycles. The Kier molecular flexibility index (Phi) is 2.76. The van der Waals surface area contributed by atoms with Gasteiger partial charge in [0, 0.05) is 10.4 Å². The van der Waals surface area contributed by atoms with E-state index in [1.165, 1.54) is 4.88 Å². The van der Waals surface area contributed by atoms with Crippen molar-refractivity contribution in [1.82, 2.24) is 0 Å². The molecule has 2 rings (SSSR count). The topological polar surface area (TPSA) is 33.4 Å². The van der Waals surface area contributed by atoms with Crippen molar-refractivity contribution in [3.8, 4) is 0 Å². The summed E-state index contributed by atoms with van der Waals surface area (Å²) in [6, 6.07) is 3.75. The minimum absolute atomic E-state index is 0.592. The first-order chi connectivity index (χ1) is 6.68. The standard InChI is InChI=1S/C10H9BrO2S/c1-6-4-7(5-14-6)9(12)8-2-3-13-10(8)11/h2-5,9,12H,1H3. The van der Waals surface area contributed by atoms with Crippen LogP contribution in [0, 0.1) is 6.92 Å². The molecular formula is C10H9BrO2S. The van der Waals surface area contributed by atoms with Gasteiger partial charge >= 0.3 is 0 Å². The highest BCUT2D eigenvalue weighted by Crippen LogP contribution is 2.31. The van der Waals surface area contributed by atoms with Crippen LogP contribution in [0.2, 0.25) is 0 Å². The Morgan fingerprint density at radius 2 is 2.36 bits per heavy atom. The Labute approximate surface area is 94.3 Å². The van der Waals surface area contributed by atoms with Crippen LogP contribution in [0.15, 0.2) is 32.9 Å². The van der Waals surface area contributed by atoms with Gasteiger partial charge in [0.2, 0.25) is 0 Å². The summed E-state index contributed by atoms with van der Waals surface area (Å²) in [4.78, 5) is 1.19. The summed E-state index contributed by atoms with van der Waals surface area (Å²) in [6.07, 6.45) is 0.954. The Morgan fingerprint density at radius 3 is 2.86 bits per heavy atom. The van der Waals surface area contributed by atoms with E-state index < -0.39 is 6.10 Å². The fourth-order valence-corrected chi connectivity index (χ4v) is 2.47. The van der Waals surface area contributed by atoms with Crippen LogP contribution in [-0.2, 0) is 0 Å². The average Bonchev–Trinajstić information content (AvgIpc) is 2.73. The number of halogens is 1. The molecule has 0 saturated carbocycles. The molecule has 1 N–H and O–H groups in total. The third kappa shape index (κ3) is 1.78. The van der Waals surface area contributed by atoms with Crippen LogP contribution in [0.5, 0.6) is 0 Å². The van der Waals surface area contributed by atoms with Crippen LogP contribution in [0.3, 0.4) is 0 Å². The van der Waals surface area contributed by atoms with Crippen molar-refractivity contribution in [3.05, 3.63) is 44.4 Å². The lowest BCUT2D eigenvalue weighted by atomic mass is 10.1. The van der Waals surface area contributed by atoms with E-state index in [0.717, 1.165) is 11.1 Å².